The standard InChI is InChI=1S/C19H23F2N3O4/c1-11-15(12(2)24(23-11)18(20)21)9-16(25)22-19(3,10-17(26)27)13-6-5-7-14(8-13)28-4/h5-8,18H,9-10H2,1-4H3,(H,22,25)(H,26,27). The lowest BCUT2D eigenvalue weighted by atomic mass is 9.88. The number of ether oxygens (including phenoxy) is 1. The number of methoxy groups -OCH3 is 1. The summed E-state index contributed by atoms with van der Waals surface area (Å²) in [6.07, 6.45) is -0.552. The molecule has 0 aliphatic carbocycles. The summed E-state index contributed by atoms with van der Waals surface area (Å²) in [5, 5.41) is 15.8. The molecule has 0 aliphatic rings. The zero-order chi connectivity index (χ0) is 21.1. The first-order valence-corrected chi connectivity index (χ1v) is 8.57. The Labute approximate surface area is 161 Å². The zero-order valence-corrected chi connectivity index (χ0v) is 16.1. The quantitative estimate of drug-likeness (QED) is 0.717. The summed E-state index contributed by atoms with van der Waals surface area (Å²) in [4.78, 5) is 24.1. The van der Waals surface area contributed by atoms with Crippen LogP contribution in [0, 0.1) is 13.8 Å². The fraction of sp³-hybridized carbons (Fsp3) is 0.421. The molecule has 0 radical (unpaired) electrons. The van der Waals surface area contributed by atoms with E-state index in [1.807, 2.05) is 0 Å². The Morgan fingerprint density at radius 3 is 2.57 bits per heavy atom. The smallest absolute Gasteiger partial charge is 0.333 e. The Morgan fingerprint density at radius 1 is 1.36 bits per heavy atom. The van der Waals surface area contributed by atoms with Gasteiger partial charge < -0.3 is 15.2 Å². The number of hydrogen-bond acceptors (Lipinski definition) is 4. The maximum Gasteiger partial charge on any atom is 0.333 e. The number of aromatic nitrogens is 2. The molecule has 152 valence electrons. The Morgan fingerprint density at radius 2 is 2.04 bits per heavy atom. The SMILES string of the molecule is COc1cccc(C(C)(CC(=O)O)NC(=O)Cc2c(C)nn(C(F)F)c2C)c1. The van der Waals surface area contributed by atoms with Crippen molar-refractivity contribution in [3.8, 4) is 5.75 Å². The Kier molecular flexibility index (Phi) is 6.37. The number of aliphatic carboxylic acids is 1. The van der Waals surface area contributed by atoms with Crippen molar-refractivity contribution in [3.63, 3.8) is 0 Å². The normalized spacial score (nSPS) is 13.2. The molecule has 2 rings (SSSR count). The number of carboxylic acids is 1. The highest BCUT2D eigenvalue weighted by molar-refractivity contribution is 5.81. The maximum absolute atomic E-state index is 13.0. The minimum Gasteiger partial charge on any atom is -0.497 e. The minimum absolute atomic E-state index is 0.191. The molecule has 0 aliphatic heterocycles. The van der Waals surface area contributed by atoms with Crippen LogP contribution in [0.4, 0.5) is 8.78 Å². The van der Waals surface area contributed by atoms with Gasteiger partial charge in [0, 0.05) is 11.3 Å². The number of nitrogens with one attached hydrogen (secondary N) is 1. The topological polar surface area (TPSA) is 93.4 Å². The van der Waals surface area contributed by atoms with Crippen LogP contribution >= 0.6 is 0 Å². The van der Waals surface area contributed by atoms with Crippen LogP contribution in [-0.4, -0.2) is 33.9 Å². The molecule has 2 aromatic rings. The van der Waals surface area contributed by atoms with E-state index >= 15 is 0 Å². The van der Waals surface area contributed by atoms with E-state index in [1.54, 1.807) is 38.1 Å². The first kappa shape index (κ1) is 21.3. The average Bonchev–Trinajstić information content (AvgIpc) is 2.89. The first-order chi connectivity index (χ1) is 13.1. The van der Waals surface area contributed by atoms with Crippen molar-refractivity contribution < 1.29 is 28.2 Å². The molecule has 0 fully saturated rings. The van der Waals surface area contributed by atoms with Crippen LogP contribution in [0.2, 0.25) is 0 Å². The highest BCUT2D eigenvalue weighted by Gasteiger charge is 2.32. The van der Waals surface area contributed by atoms with Crippen LogP contribution < -0.4 is 10.1 Å². The predicted molar refractivity (Wildman–Crippen MR) is 97.4 cm³/mol. The Hall–Kier alpha value is -2.97. The van der Waals surface area contributed by atoms with Crippen molar-refractivity contribution in [2.24, 2.45) is 0 Å². The minimum atomic E-state index is -2.80. The molecule has 1 atom stereocenters. The highest BCUT2D eigenvalue weighted by Crippen LogP contribution is 2.28. The largest absolute Gasteiger partial charge is 0.497 e. The lowest BCUT2D eigenvalue weighted by Crippen LogP contribution is -2.45. The molecule has 0 saturated carbocycles. The van der Waals surface area contributed by atoms with E-state index in [0.717, 1.165) is 0 Å². The van der Waals surface area contributed by atoms with Crippen LogP contribution in [-0.2, 0) is 21.5 Å². The molecule has 28 heavy (non-hydrogen) atoms. The molecule has 0 bridgehead atoms. The van der Waals surface area contributed by atoms with Crippen LogP contribution in [0.3, 0.4) is 0 Å². The van der Waals surface area contributed by atoms with Crippen LogP contribution in [0.25, 0.3) is 0 Å². The molecule has 1 unspecified atom stereocenters. The van der Waals surface area contributed by atoms with Crippen molar-refractivity contribution >= 4 is 11.9 Å². The van der Waals surface area contributed by atoms with Crippen molar-refractivity contribution in [3.05, 3.63) is 46.8 Å². The predicted octanol–water partition coefficient (Wildman–Crippen LogP) is 2.95. The number of aryl methyl sites for hydroxylation is 1. The van der Waals surface area contributed by atoms with Gasteiger partial charge in [-0.25, -0.2) is 4.68 Å². The fourth-order valence-electron chi connectivity index (χ4n) is 3.14. The summed E-state index contributed by atoms with van der Waals surface area (Å²) in [6.45, 7) is 1.81. The summed E-state index contributed by atoms with van der Waals surface area (Å²) in [7, 11) is 1.48. The number of carbonyl (C=O) groups excluding carboxylic acids is 1. The van der Waals surface area contributed by atoms with Gasteiger partial charge in [-0.15, -0.1) is 0 Å². The van der Waals surface area contributed by atoms with Gasteiger partial charge in [-0.05, 0) is 38.5 Å². The summed E-state index contributed by atoms with van der Waals surface area (Å²) >= 11 is 0. The van der Waals surface area contributed by atoms with Gasteiger partial charge in [0.25, 0.3) is 0 Å². The van der Waals surface area contributed by atoms with Crippen molar-refractivity contribution in [1.29, 1.82) is 0 Å². The molecule has 1 aromatic carbocycles. The van der Waals surface area contributed by atoms with E-state index in [1.165, 1.54) is 14.0 Å². The molecular weight excluding hydrogens is 372 g/mol. The lowest BCUT2D eigenvalue weighted by Gasteiger charge is -2.30. The van der Waals surface area contributed by atoms with Crippen molar-refractivity contribution in [2.75, 3.05) is 7.11 Å². The molecule has 7 nitrogen and oxygen atoms in total. The van der Waals surface area contributed by atoms with Gasteiger partial charge in [-0.3, -0.25) is 9.59 Å². The van der Waals surface area contributed by atoms with Gasteiger partial charge in [0.1, 0.15) is 5.75 Å². The molecule has 1 heterocycles. The van der Waals surface area contributed by atoms with E-state index in [4.69, 9.17) is 4.74 Å². The van der Waals surface area contributed by atoms with Crippen LogP contribution in [0.5, 0.6) is 5.75 Å². The second-order valence-electron chi connectivity index (χ2n) is 6.73. The Balaban J connectivity index is 2.30. The second kappa shape index (κ2) is 8.37. The van der Waals surface area contributed by atoms with Crippen molar-refractivity contribution in [1.82, 2.24) is 15.1 Å². The molecule has 9 heteroatoms. The van der Waals surface area contributed by atoms with Gasteiger partial charge in [0.15, 0.2) is 0 Å². The summed E-state index contributed by atoms with van der Waals surface area (Å²) in [6, 6.07) is 6.74. The molecule has 2 N–H and O–H groups in total. The maximum atomic E-state index is 13.0. The van der Waals surface area contributed by atoms with Crippen molar-refractivity contribution in [2.45, 2.75) is 45.7 Å². The number of carboxylic acid groups (broad SMARTS) is 1. The highest BCUT2D eigenvalue weighted by atomic mass is 19.3. The van der Waals surface area contributed by atoms with Crippen LogP contribution in [0.1, 0.15) is 42.4 Å². The molecule has 1 amide bonds. The number of carbonyl (C=O) groups is 2. The lowest BCUT2D eigenvalue weighted by molar-refractivity contribution is -0.139. The van der Waals surface area contributed by atoms with E-state index in [0.29, 0.717) is 27.3 Å². The first-order valence-electron chi connectivity index (χ1n) is 8.57. The van der Waals surface area contributed by atoms with E-state index in [2.05, 4.69) is 10.4 Å². The third kappa shape index (κ3) is 4.65. The summed E-state index contributed by atoms with van der Waals surface area (Å²) in [5.74, 6) is -1.07. The number of amides is 1. The summed E-state index contributed by atoms with van der Waals surface area (Å²) < 4.78 is 31.7. The van der Waals surface area contributed by atoms with Gasteiger partial charge in [-0.2, -0.15) is 13.9 Å². The number of nitrogens with zero attached hydrogens (tertiary/aromatic N) is 2. The van der Waals surface area contributed by atoms with Gasteiger partial charge in [0.05, 0.1) is 31.2 Å². The monoisotopic (exact) mass is 395 g/mol. The van der Waals surface area contributed by atoms with Gasteiger partial charge in [0.2, 0.25) is 5.91 Å². The van der Waals surface area contributed by atoms with E-state index < -0.39 is 24.0 Å². The third-order valence-corrected chi connectivity index (χ3v) is 4.62. The van der Waals surface area contributed by atoms with Gasteiger partial charge >= 0.3 is 12.5 Å². The Bertz CT molecular complexity index is 882. The van der Waals surface area contributed by atoms with Crippen LogP contribution in [0.15, 0.2) is 24.3 Å². The number of rotatable bonds is 8. The van der Waals surface area contributed by atoms with E-state index in [-0.39, 0.29) is 18.5 Å². The average molecular weight is 395 g/mol. The molecular formula is C19H23F2N3O4. The fourth-order valence-corrected chi connectivity index (χ4v) is 3.14. The molecule has 0 saturated heterocycles. The zero-order valence-electron chi connectivity index (χ0n) is 16.1. The molecule has 1 aromatic heterocycles. The number of hydrogen-bond donors (Lipinski definition) is 2. The number of benzene rings is 1. The third-order valence-electron chi connectivity index (χ3n) is 4.62. The van der Waals surface area contributed by atoms with E-state index in [9.17, 15) is 23.5 Å². The second-order valence-corrected chi connectivity index (χ2v) is 6.73. The number of alkyl halides is 2. The number of halogens is 2. The summed E-state index contributed by atoms with van der Waals surface area (Å²) in [5.41, 5.74) is 0.261. The molecule has 0 spiro atoms. The van der Waals surface area contributed by atoms with Gasteiger partial charge in [-0.1, -0.05) is 12.1 Å².